The lowest BCUT2D eigenvalue weighted by atomic mass is 9.95. The number of sulfone groups is 1. The first-order chi connectivity index (χ1) is 15.4. The van der Waals surface area contributed by atoms with Crippen LogP contribution in [-0.2, 0) is 21.1 Å². The first-order valence-electron chi connectivity index (χ1n) is 12.1. The van der Waals surface area contributed by atoms with Crippen LogP contribution in [0.1, 0.15) is 95.0 Å². The van der Waals surface area contributed by atoms with Crippen molar-refractivity contribution >= 4 is 33.1 Å². The fourth-order valence-corrected chi connectivity index (χ4v) is 5.32. The zero-order valence-corrected chi connectivity index (χ0v) is 21.6. The number of fused-ring (bicyclic) bond motifs is 1. The predicted octanol–water partition coefficient (Wildman–Crippen LogP) is 5.28. The number of benzene rings is 1. The number of carbonyl (C=O) groups is 2. The van der Waals surface area contributed by atoms with Crippen molar-refractivity contribution in [3.63, 3.8) is 0 Å². The van der Waals surface area contributed by atoms with E-state index in [0.29, 0.717) is 18.7 Å². The van der Waals surface area contributed by atoms with Crippen molar-refractivity contribution in [1.29, 1.82) is 0 Å². The van der Waals surface area contributed by atoms with E-state index in [0.717, 1.165) is 31.2 Å². The lowest BCUT2D eigenvalue weighted by Gasteiger charge is -2.27. The molecule has 0 spiro atoms. The molecule has 2 N–H and O–H groups in total. The van der Waals surface area contributed by atoms with E-state index in [1.54, 1.807) is 20.8 Å². The average molecular weight is 481 g/mol. The van der Waals surface area contributed by atoms with Gasteiger partial charge in [-0.3, -0.25) is 4.79 Å². The number of hydrogen-bond donors (Lipinski definition) is 2. The van der Waals surface area contributed by atoms with Gasteiger partial charge in [-0.05, 0) is 24.5 Å². The summed E-state index contributed by atoms with van der Waals surface area (Å²) in [6, 6.07) is 1.47. The monoisotopic (exact) mass is 480 g/mol. The molecule has 1 aromatic carbocycles. The van der Waals surface area contributed by atoms with Crippen molar-refractivity contribution in [2.24, 2.45) is 5.41 Å². The maximum atomic E-state index is 12.8. The van der Waals surface area contributed by atoms with Gasteiger partial charge in [-0.2, -0.15) is 0 Å². The Morgan fingerprint density at radius 3 is 2.15 bits per heavy atom. The Kier molecular flexibility index (Phi) is 9.35. The second-order valence-corrected chi connectivity index (χ2v) is 12.1. The number of unbranched alkanes of at least 4 members (excludes halogenated alkanes) is 7. The third-order valence-corrected chi connectivity index (χ3v) is 7.27. The molecule has 8 heteroatoms. The molecule has 0 aromatic heterocycles. The molecular formula is C25H40N2O5S. The minimum absolute atomic E-state index is 0.115. The molecule has 1 aromatic rings. The highest BCUT2D eigenvalue weighted by atomic mass is 32.2. The number of hydrogen-bond acceptors (Lipinski definition) is 5. The number of carboxylic acids is 1. The highest BCUT2D eigenvalue weighted by molar-refractivity contribution is 7.91. The first kappa shape index (κ1) is 27.2. The topological polar surface area (TPSA) is 104 Å². The molecule has 0 fully saturated rings. The molecule has 33 heavy (non-hydrogen) atoms. The summed E-state index contributed by atoms with van der Waals surface area (Å²) in [5, 5.41) is 12.5. The minimum atomic E-state index is -3.91. The molecular weight excluding hydrogens is 440 g/mol. The maximum Gasteiger partial charge on any atom is 0.337 e. The highest BCUT2D eigenvalue weighted by Gasteiger charge is 2.34. The molecule has 7 nitrogen and oxygen atoms in total. The number of carboxylic acid groups (broad SMARTS) is 1. The summed E-state index contributed by atoms with van der Waals surface area (Å²) in [6.07, 6.45) is 11.1. The number of carbonyl (C=O) groups excluding carboxylic acids is 1. The van der Waals surface area contributed by atoms with E-state index in [9.17, 15) is 23.1 Å². The van der Waals surface area contributed by atoms with E-state index in [-0.39, 0.29) is 22.1 Å². The van der Waals surface area contributed by atoms with Gasteiger partial charge in [-0.15, -0.1) is 0 Å². The van der Waals surface area contributed by atoms with Gasteiger partial charge in [0.25, 0.3) is 0 Å². The van der Waals surface area contributed by atoms with E-state index in [1.807, 2.05) is 0 Å². The molecule has 186 valence electrons. The Bertz CT molecular complexity index is 964. The Balaban J connectivity index is 2.33. The fraction of sp³-hybridized carbons (Fsp3) is 0.680. The van der Waals surface area contributed by atoms with Crippen LogP contribution in [0.4, 0.5) is 11.4 Å². The van der Waals surface area contributed by atoms with Crippen molar-refractivity contribution in [3.05, 3.63) is 17.2 Å². The van der Waals surface area contributed by atoms with Gasteiger partial charge in [0, 0.05) is 24.8 Å². The van der Waals surface area contributed by atoms with E-state index in [4.69, 9.17) is 0 Å². The zero-order chi connectivity index (χ0) is 24.8. The molecule has 1 aliphatic heterocycles. The Labute approximate surface area is 198 Å². The summed E-state index contributed by atoms with van der Waals surface area (Å²) >= 11 is 0. The van der Waals surface area contributed by atoms with Gasteiger partial charge in [0.05, 0.1) is 16.9 Å². The van der Waals surface area contributed by atoms with Gasteiger partial charge in [-0.25, -0.2) is 13.2 Å². The summed E-state index contributed by atoms with van der Waals surface area (Å²) in [5.74, 6) is -1.66. The van der Waals surface area contributed by atoms with Crippen molar-refractivity contribution in [2.45, 2.75) is 90.4 Å². The van der Waals surface area contributed by atoms with Crippen LogP contribution in [0.2, 0.25) is 0 Å². The van der Waals surface area contributed by atoms with Crippen LogP contribution >= 0.6 is 0 Å². The van der Waals surface area contributed by atoms with E-state index in [1.165, 1.54) is 44.6 Å². The van der Waals surface area contributed by atoms with Crippen LogP contribution in [0.15, 0.2) is 11.0 Å². The predicted molar refractivity (Wildman–Crippen MR) is 133 cm³/mol. The SMILES string of the molecule is CCCCCCCCCCN1CCc2cc(C(=O)O)c(S(C)(=O)=O)c(NC(=O)C(C)(C)C)c21. The second kappa shape index (κ2) is 11.4. The number of amides is 1. The highest BCUT2D eigenvalue weighted by Crippen LogP contribution is 2.43. The zero-order valence-electron chi connectivity index (χ0n) is 20.8. The van der Waals surface area contributed by atoms with Crippen LogP contribution in [0.5, 0.6) is 0 Å². The first-order valence-corrected chi connectivity index (χ1v) is 14.0. The van der Waals surface area contributed by atoms with Gasteiger partial charge < -0.3 is 15.3 Å². The quantitative estimate of drug-likeness (QED) is 0.395. The van der Waals surface area contributed by atoms with E-state index >= 15 is 0 Å². The van der Waals surface area contributed by atoms with Gasteiger partial charge in [0.2, 0.25) is 5.91 Å². The van der Waals surface area contributed by atoms with Crippen molar-refractivity contribution in [3.8, 4) is 0 Å². The van der Waals surface area contributed by atoms with Gasteiger partial charge in [-0.1, -0.05) is 72.6 Å². The molecule has 0 atom stereocenters. The summed E-state index contributed by atoms with van der Waals surface area (Å²) < 4.78 is 25.4. The number of aromatic carboxylic acids is 1. The largest absolute Gasteiger partial charge is 0.478 e. The third-order valence-electron chi connectivity index (χ3n) is 6.10. The molecule has 0 aliphatic carbocycles. The van der Waals surface area contributed by atoms with Crippen LogP contribution in [0, 0.1) is 5.41 Å². The van der Waals surface area contributed by atoms with Crippen LogP contribution in [0.25, 0.3) is 0 Å². The molecule has 0 unspecified atom stereocenters. The molecule has 0 saturated carbocycles. The molecule has 1 aliphatic rings. The number of rotatable bonds is 12. The Morgan fingerprint density at radius 2 is 1.64 bits per heavy atom. The molecule has 0 saturated heterocycles. The Hall–Kier alpha value is -2.09. The van der Waals surface area contributed by atoms with Gasteiger partial charge >= 0.3 is 5.97 Å². The number of anilines is 2. The lowest BCUT2D eigenvalue weighted by Crippen LogP contribution is -2.30. The lowest BCUT2D eigenvalue weighted by molar-refractivity contribution is -0.123. The fourth-order valence-electron chi connectivity index (χ4n) is 4.25. The summed E-state index contributed by atoms with van der Waals surface area (Å²) in [7, 11) is -3.91. The summed E-state index contributed by atoms with van der Waals surface area (Å²) in [5.41, 5.74) is 0.491. The van der Waals surface area contributed by atoms with Crippen molar-refractivity contribution in [2.75, 3.05) is 29.6 Å². The van der Waals surface area contributed by atoms with Crippen molar-refractivity contribution < 1.29 is 23.1 Å². The summed E-state index contributed by atoms with van der Waals surface area (Å²) in [4.78, 5) is 26.6. The Morgan fingerprint density at radius 1 is 1.06 bits per heavy atom. The van der Waals surface area contributed by atoms with Crippen LogP contribution in [-0.4, -0.2) is 44.7 Å². The van der Waals surface area contributed by atoms with E-state index in [2.05, 4.69) is 17.1 Å². The van der Waals surface area contributed by atoms with Crippen molar-refractivity contribution in [1.82, 2.24) is 0 Å². The number of nitrogens with zero attached hydrogens (tertiary/aromatic N) is 1. The van der Waals surface area contributed by atoms with Gasteiger partial charge in [0.15, 0.2) is 9.84 Å². The van der Waals surface area contributed by atoms with Crippen LogP contribution in [0.3, 0.4) is 0 Å². The standard InChI is InChI=1S/C25H40N2O5S/c1-6-7-8-9-10-11-12-13-15-27-16-14-18-17-19(23(28)29)22(33(5,31)32)20(21(18)27)26-24(30)25(2,3)4/h17H,6-16H2,1-5H3,(H,26,30)(H,28,29). The number of nitrogens with one attached hydrogen (secondary N) is 1. The van der Waals surface area contributed by atoms with Gasteiger partial charge in [0.1, 0.15) is 4.90 Å². The normalized spacial score (nSPS) is 13.8. The molecule has 1 heterocycles. The smallest absolute Gasteiger partial charge is 0.337 e. The third kappa shape index (κ3) is 7.19. The molecule has 1 amide bonds. The van der Waals surface area contributed by atoms with Crippen LogP contribution < -0.4 is 10.2 Å². The minimum Gasteiger partial charge on any atom is -0.478 e. The molecule has 2 rings (SSSR count). The molecule has 0 radical (unpaired) electrons. The van der Waals surface area contributed by atoms with E-state index < -0.39 is 21.2 Å². The maximum absolute atomic E-state index is 12.8. The molecule has 0 bridgehead atoms. The summed E-state index contributed by atoms with van der Waals surface area (Å²) in [6.45, 7) is 8.85. The second-order valence-electron chi connectivity index (χ2n) is 10.1. The average Bonchev–Trinajstić information content (AvgIpc) is 3.11.